The van der Waals surface area contributed by atoms with E-state index in [0.717, 1.165) is 41.4 Å². The van der Waals surface area contributed by atoms with Crippen molar-refractivity contribution in [1.29, 1.82) is 0 Å². The highest BCUT2D eigenvalue weighted by molar-refractivity contribution is 6.31. The number of aromatic amines is 1. The summed E-state index contributed by atoms with van der Waals surface area (Å²) in [5.74, 6) is -1.34. The third kappa shape index (κ3) is 4.01. The number of carboxylic acids is 1. The molecule has 0 amide bonds. The van der Waals surface area contributed by atoms with Crippen molar-refractivity contribution < 1.29 is 9.90 Å². The van der Waals surface area contributed by atoms with E-state index in [1.54, 1.807) is 6.92 Å². The summed E-state index contributed by atoms with van der Waals surface area (Å²) in [5.41, 5.74) is 2.85. The largest absolute Gasteiger partial charge is 0.481 e. The van der Waals surface area contributed by atoms with Crippen molar-refractivity contribution in [2.75, 3.05) is 0 Å². The Kier molecular flexibility index (Phi) is 6.76. The molecular formula is C17H24ClNO2. The monoisotopic (exact) mass is 309 g/mol. The smallest absolute Gasteiger partial charge is 0.312 e. The van der Waals surface area contributed by atoms with Crippen molar-refractivity contribution in [2.24, 2.45) is 0 Å². The van der Waals surface area contributed by atoms with Gasteiger partial charge >= 0.3 is 5.97 Å². The Morgan fingerprint density at radius 2 is 2.05 bits per heavy atom. The molecule has 0 saturated carbocycles. The van der Waals surface area contributed by atoms with Gasteiger partial charge in [-0.25, -0.2) is 0 Å². The second-order valence-electron chi connectivity index (χ2n) is 4.87. The van der Waals surface area contributed by atoms with E-state index in [0.29, 0.717) is 5.02 Å². The number of fused-ring (bicyclic) bond motifs is 1. The van der Waals surface area contributed by atoms with Crippen LogP contribution < -0.4 is 0 Å². The Morgan fingerprint density at radius 3 is 2.62 bits per heavy atom. The highest BCUT2D eigenvalue weighted by atomic mass is 35.5. The van der Waals surface area contributed by atoms with Crippen molar-refractivity contribution in [3.05, 3.63) is 34.5 Å². The standard InChI is InChI=1S/C15H18ClNO2.C2H6/c1-3-4-5-11-12-8-10(16)6-7-13(12)17-14(11)9(2)15(18)19;1-2/h6-9,17H,3-5H2,1-2H3,(H,18,19);1-2H3. The number of hydrogen-bond donors (Lipinski definition) is 2. The molecule has 4 heteroatoms. The summed E-state index contributed by atoms with van der Waals surface area (Å²) in [4.78, 5) is 14.5. The van der Waals surface area contributed by atoms with E-state index in [1.807, 2.05) is 32.0 Å². The summed E-state index contributed by atoms with van der Waals surface area (Å²) in [5, 5.41) is 10.9. The lowest BCUT2D eigenvalue weighted by atomic mass is 9.98. The molecule has 0 aliphatic carbocycles. The van der Waals surface area contributed by atoms with Crippen molar-refractivity contribution in [1.82, 2.24) is 4.98 Å². The fourth-order valence-corrected chi connectivity index (χ4v) is 2.53. The first kappa shape index (κ1) is 17.6. The summed E-state index contributed by atoms with van der Waals surface area (Å²) < 4.78 is 0. The molecule has 0 bridgehead atoms. The lowest BCUT2D eigenvalue weighted by molar-refractivity contribution is -0.138. The van der Waals surface area contributed by atoms with Gasteiger partial charge in [0.25, 0.3) is 0 Å². The molecule has 2 aromatic rings. The fourth-order valence-electron chi connectivity index (χ4n) is 2.36. The summed E-state index contributed by atoms with van der Waals surface area (Å²) in [7, 11) is 0. The minimum Gasteiger partial charge on any atom is -0.481 e. The summed E-state index contributed by atoms with van der Waals surface area (Å²) >= 11 is 6.05. The van der Waals surface area contributed by atoms with Crippen molar-refractivity contribution in [3.63, 3.8) is 0 Å². The second kappa shape index (κ2) is 8.08. The quantitative estimate of drug-likeness (QED) is 0.779. The van der Waals surface area contributed by atoms with Gasteiger partial charge in [-0.3, -0.25) is 4.79 Å². The first-order valence-corrected chi connectivity index (χ1v) is 7.95. The van der Waals surface area contributed by atoms with E-state index in [1.165, 1.54) is 0 Å². The molecule has 3 nitrogen and oxygen atoms in total. The molecule has 116 valence electrons. The minimum atomic E-state index is -0.810. The second-order valence-corrected chi connectivity index (χ2v) is 5.31. The zero-order chi connectivity index (χ0) is 16.0. The number of hydrogen-bond acceptors (Lipinski definition) is 1. The van der Waals surface area contributed by atoms with Gasteiger partial charge in [-0.05, 0) is 43.5 Å². The number of carboxylic acid groups (broad SMARTS) is 1. The molecule has 0 aliphatic heterocycles. The highest BCUT2D eigenvalue weighted by Gasteiger charge is 2.21. The summed E-state index contributed by atoms with van der Waals surface area (Å²) in [6.45, 7) is 7.84. The van der Waals surface area contributed by atoms with Gasteiger partial charge in [0.15, 0.2) is 0 Å². The number of nitrogens with one attached hydrogen (secondary N) is 1. The number of carbonyl (C=O) groups is 1. The molecule has 1 aromatic heterocycles. The Labute approximate surface area is 131 Å². The van der Waals surface area contributed by atoms with Crippen molar-refractivity contribution in [2.45, 2.75) is 52.9 Å². The number of benzene rings is 1. The Hall–Kier alpha value is -1.48. The van der Waals surface area contributed by atoms with E-state index < -0.39 is 11.9 Å². The molecule has 0 radical (unpaired) electrons. The molecule has 0 saturated heterocycles. The van der Waals surface area contributed by atoms with Gasteiger partial charge in [0.05, 0.1) is 5.92 Å². The van der Waals surface area contributed by atoms with Crippen molar-refractivity contribution >= 4 is 28.5 Å². The van der Waals surface area contributed by atoms with Crippen LogP contribution in [0.1, 0.15) is 57.7 Å². The molecule has 21 heavy (non-hydrogen) atoms. The van der Waals surface area contributed by atoms with E-state index >= 15 is 0 Å². The zero-order valence-corrected chi connectivity index (χ0v) is 13.9. The number of rotatable bonds is 5. The van der Waals surface area contributed by atoms with E-state index in [9.17, 15) is 9.90 Å². The lowest BCUT2D eigenvalue weighted by Crippen LogP contribution is -2.09. The van der Waals surface area contributed by atoms with E-state index in [4.69, 9.17) is 11.6 Å². The van der Waals surface area contributed by atoms with Crippen LogP contribution in [-0.4, -0.2) is 16.1 Å². The van der Waals surface area contributed by atoms with Crippen LogP contribution in [0.3, 0.4) is 0 Å². The number of aryl methyl sites for hydroxylation is 1. The average molecular weight is 310 g/mol. The average Bonchev–Trinajstić information content (AvgIpc) is 2.84. The van der Waals surface area contributed by atoms with Crippen LogP contribution in [0.5, 0.6) is 0 Å². The maximum absolute atomic E-state index is 11.2. The first-order valence-electron chi connectivity index (χ1n) is 7.57. The van der Waals surface area contributed by atoms with Crippen LogP contribution >= 0.6 is 11.6 Å². The Bertz CT molecular complexity index is 604. The predicted octanol–water partition coefficient (Wildman–Crippen LogP) is 5.38. The fraction of sp³-hybridized carbons (Fsp3) is 0.471. The molecule has 2 rings (SSSR count). The number of aromatic nitrogens is 1. The maximum atomic E-state index is 11.2. The molecule has 2 N–H and O–H groups in total. The number of unbranched alkanes of at least 4 members (excludes halogenated alkanes) is 1. The zero-order valence-electron chi connectivity index (χ0n) is 13.2. The minimum absolute atomic E-state index is 0.530. The van der Waals surface area contributed by atoms with Gasteiger partial charge < -0.3 is 10.1 Å². The molecule has 1 heterocycles. The van der Waals surface area contributed by atoms with Crippen LogP contribution in [0.2, 0.25) is 5.02 Å². The van der Waals surface area contributed by atoms with Crippen LogP contribution in [-0.2, 0) is 11.2 Å². The van der Waals surface area contributed by atoms with E-state index in [-0.39, 0.29) is 0 Å². The SMILES string of the molecule is CC.CCCCc1c(C(C)C(=O)O)[nH]c2ccc(Cl)cc12. The third-order valence-corrected chi connectivity index (χ3v) is 3.72. The predicted molar refractivity (Wildman–Crippen MR) is 89.3 cm³/mol. The first-order chi connectivity index (χ1) is 10.0. The normalized spacial score (nSPS) is 11.9. The molecular weight excluding hydrogens is 286 g/mol. The lowest BCUT2D eigenvalue weighted by Gasteiger charge is -2.08. The van der Waals surface area contributed by atoms with Crippen LogP contribution in [0, 0.1) is 0 Å². The van der Waals surface area contributed by atoms with Gasteiger partial charge in [-0.2, -0.15) is 0 Å². The van der Waals surface area contributed by atoms with Crippen LogP contribution in [0.15, 0.2) is 18.2 Å². The maximum Gasteiger partial charge on any atom is 0.312 e. The van der Waals surface area contributed by atoms with E-state index in [2.05, 4.69) is 11.9 Å². The molecule has 0 aliphatic rings. The summed E-state index contributed by atoms with van der Waals surface area (Å²) in [6.07, 6.45) is 3.00. The van der Waals surface area contributed by atoms with Gasteiger partial charge in [0.2, 0.25) is 0 Å². The van der Waals surface area contributed by atoms with Crippen LogP contribution in [0.25, 0.3) is 10.9 Å². The molecule has 1 atom stereocenters. The van der Waals surface area contributed by atoms with Crippen LogP contribution in [0.4, 0.5) is 0 Å². The molecule has 1 unspecified atom stereocenters. The molecule has 1 aromatic carbocycles. The number of aliphatic carboxylic acids is 1. The van der Waals surface area contributed by atoms with Crippen molar-refractivity contribution in [3.8, 4) is 0 Å². The van der Waals surface area contributed by atoms with Gasteiger partial charge in [0, 0.05) is 21.6 Å². The number of halogens is 1. The van der Waals surface area contributed by atoms with Gasteiger partial charge in [-0.15, -0.1) is 0 Å². The Morgan fingerprint density at radius 1 is 1.38 bits per heavy atom. The topological polar surface area (TPSA) is 53.1 Å². The third-order valence-electron chi connectivity index (χ3n) is 3.48. The Balaban J connectivity index is 0.00000106. The molecule has 0 fully saturated rings. The van der Waals surface area contributed by atoms with Gasteiger partial charge in [-0.1, -0.05) is 38.8 Å². The molecule has 0 spiro atoms. The summed E-state index contributed by atoms with van der Waals surface area (Å²) in [6, 6.07) is 5.64. The van der Waals surface area contributed by atoms with Gasteiger partial charge in [0.1, 0.15) is 0 Å². The highest BCUT2D eigenvalue weighted by Crippen LogP contribution is 2.31. The number of H-pyrrole nitrogens is 1.